The predicted octanol–water partition coefficient (Wildman–Crippen LogP) is 1.59. The Kier molecular flexibility index (Phi) is 2.15. The van der Waals surface area contributed by atoms with Crippen molar-refractivity contribution in [3.05, 3.63) is 23.3 Å². The van der Waals surface area contributed by atoms with E-state index in [2.05, 4.69) is 0 Å². The molecular weight excluding hydrogens is 178 g/mol. The number of aryl methyl sites for hydroxylation is 1. The molecule has 74 valence electrons. The lowest BCUT2D eigenvalue weighted by atomic mass is 9.99. The summed E-state index contributed by atoms with van der Waals surface area (Å²) < 4.78 is 0. The Labute approximate surface area is 83.0 Å². The van der Waals surface area contributed by atoms with E-state index in [1.807, 2.05) is 18.0 Å². The van der Waals surface area contributed by atoms with Gasteiger partial charge in [0, 0.05) is 13.6 Å². The molecule has 0 atom stereocenters. The highest BCUT2D eigenvalue weighted by Gasteiger charge is 2.19. The van der Waals surface area contributed by atoms with E-state index >= 15 is 0 Å². The Morgan fingerprint density at radius 2 is 2.29 bits per heavy atom. The SMILES string of the molecule is CN1CCCc2ccc(C=O)c(O)c21. The second-order valence-corrected chi connectivity index (χ2v) is 3.65. The van der Waals surface area contributed by atoms with Gasteiger partial charge in [0.25, 0.3) is 0 Å². The standard InChI is InChI=1S/C11H13NO2/c1-12-6-2-3-8-4-5-9(7-13)11(14)10(8)12/h4-5,7,14H,2-3,6H2,1H3. The summed E-state index contributed by atoms with van der Waals surface area (Å²) in [5, 5.41) is 9.83. The average Bonchev–Trinajstić information content (AvgIpc) is 2.18. The van der Waals surface area contributed by atoms with Gasteiger partial charge in [-0.3, -0.25) is 4.79 Å². The van der Waals surface area contributed by atoms with Crippen LogP contribution in [0.25, 0.3) is 0 Å². The number of phenols is 1. The minimum absolute atomic E-state index is 0.125. The van der Waals surface area contributed by atoms with Crippen molar-refractivity contribution in [2.45, 2.75) is 12.8 Å². The monoisotopic (exact) mass is 191 g/mol. The Hall–Kier alpha value is -1.51. The van der Waals surface area contributed by atoms with Crippen molar-refractivity contribution in [1.29, 1.82) is 0 Å². The number of hydrogen-bond acceptors (Lipinski definition) is 3. The molecule has 0 aliphatic carbocycles. The highest BCUT2D eigenvalue weighted by Crippen LogP contribution is 2.36. The zero-order valence-electron chi connectivity index (χ0n) is 8.16. The lowest BCUT2D eigenvalue weighted by molar-refractivity contribution is 0.112. The molecule has 2 rings (SSSR count). The van der Waals surface area contributed by atoms with Crippen LogP contribution in [0.3, 0.4) is 0 Å². The number of anilines is 1. The van der Waals surface area contributed by atoms with E-state index in [1.165, 1.54) is 0 Å². The molecule has 0 fully saturated rings. The summed E-state index contributed by atoms with van der Waals surface area (Å²) in [4.78, 5) is 12.6. The maximum Gasteiger partial charge on any atom is 0.153 e. The molecule has 0 spiro atoms. The second-order valence-electron chi connectivity index (χ2n) is 3.65. The third-order valence-corrected chi connectivity index (χ3v) is 2.71. The second kappa shape index (κ2) is 3.33. The zero-order chi connectivity index (χ0) is 10.1. The van der Waals surface area contributed by atoms with E-state index in [4.69, 9.17) is 0 Å². The molecule has 1 N–H and O–H groups in total. The minimum atomic E-state index is 0.125. The highest BCUT2D eigenvalue weighted by atomic mass is 16.3. The van der Waals surface area contributed by atoms with Crippen LogP contribution in [-0.2, 0) is 6.42 Å². The van der Waals surface area contributed by atoms with Gasteiger partial charge in [-0.05, 0) is 24.5 Å². The van der Waals surface area contributed by atoms with Crippen LogP contribution in [0.2, 0.25) is 0 Å². The molecule has 0 radical (unpaired) electrons. The largest absolute Gasteiger partial charge is 0.505 e. The fraction of sp³-hybridized carbons (Fsp3) is 0.364. The summed E-state index contributed by atoms with van der Waals surface area (Å²) in [5.41, 5.74) is 2.32. The molecule has 3 heteroatoms. The first-order chi connectivity index (χ1) is 6.74. The highest BCUT2D eigenvalue weighted by molar-refractivity contribution is 5.85. The van der Waals surface area contributed by atoms with Gasteiger partial charge in [0.1, 0.15) is 5.75 Å². The van der Waals surface area contributed by atoms with Crippen LogP contribution in [0.5, 0.6) is 5.75 Å². The van der Waals surface area contributed by atoms with Crippen molar-refractivity contribution in [1.82, 2.24) is 0 Å². The number of hydrogen-bond donors (Lipinski definition) is 1. The van der Waals surface area contributed by atoms with Gasteiger partial charge in [-0.25, -0.2) is 0 Å². The fourth-order valence-corrected chi connectivity index (χ4v) is 1.98. The molecule has 1 aromatic rings. The number of phenolic OH excluding ortho intramolecular Hbond substituents is 1. The first-order valence-corrected chi connectivity index (χ1v) is 4.75. The molecule has 0 bridgehead atoms. The van der Waals surface area contributed by atoms with Crippen molar-refractivity contribution in [2.24, 2.45) is 0 Å². The van der Waals surface area contributed by atoms with E-state index < -0.39 is 0 Å². The number of carbonyl (C=O) groups excluding carboxylic acids is 1. The van der Waals surface area contributed by atoms with Gasteiger partial charge in [-0.1, -0.05) is 6.07 Å². The summed E-state index contributed by atoms with van der Waals surface area (Å²) in [6, 6.07) is 3.61. The fourth-order valence-electron chi connectivity index (χ4n) is 1.98. The summed E-state index contributed by atoms with van der Waals surface area (Å²) in [6.45, 7) is 0.933. The molecule has 14 heavy (non-hydrogen) atoms. The van der Waals surface area contributed by atoms with E-state index in [9.17, 15) is 9.90 Å². The van der Waals surface area contributed by atoms with Crippen molar-refractivity contribution in [3.8, 4) is 5.75 Å². The van der Waals surface area contributed by atoms with Crippen molar-refractivity contribution in [2.75, 3.05) is 18.5 Å². The van der Waals surface area contributed by atoms with Crippen molar-refractivity contribution >= 4 is 12.0 Å². The van der Waals surface area contributed by atoms with Gasteiger partial charge in [-0.2, -0.15) is 0 Å². The molecule has 1 aliphatic heterocycles. The number of rotatable bonds is 1. The normalized spacial score (nSPS) is 15.1. The average molecular weight is 191 g/mol. The van der Waals surface area contributed by atoms with E-state index in [0.717, 1.165) is 30.6 Å². The lowest BCUT2D eigenvalue weighted by Crippen LogP contribution is -2.24. The van der Waals surface area contributed by atoms with Crippen LogP contribution in [0, 0.1) is 0 Å². The summed E-state index contributed by atoms with van der Waals surface area (Å²) in [5.74, 6) is 0.125. The van der Waals surface area contributed by atoms with Crippen LogP contribution in [0.15, 0.2) is 12.1 Å². The van der Waals surface area contributed by atoms with Gasteiger partial charge < -0.3 is 10.0 Å². The van der Waals surface area contributed by atoms with E-state index in [0.29, 0.717) is 11.8 Å². The third-order valence-electron chi connectivity index (χ3n) is 2.71. The van der Waals surface area contributed by atoms with Crippen LogP contribution in [-0.4, -0.2) is 25.0 Å². The Balaban J connectivity index is 2.59. The molecule has 0 aromatic heterocycles. The number of aromatic hydroxyl groups is 1. The third kappa shape index (κ3) is 1.25. The molecule has 0 saturated carbocycles. The van der Waals surface area contributed by atoms with Crippen LogP contribution in [0.1, 0.15) is 22.3 Å². The molecule has 1 aliphatic rings. The van der Waals surface area contributed by atoms with Gasteiger partial charge in [0.15, 0.2) is 6.29 Å². The van der Waals surface area contributed by atoms with Crippen molar-refractivity contribution < 1.29 is 9.90 Å². The smallest absolute Gasteiger partial charge is 0.153 e. The number of nitrogens with zero attached hydrogens (tertiary/aromatic N) is 1. The maximum absolute atomic E-state index is 10.6. The Morgan fingerprint density at radius 3 is 3.00 bits per heavy atom. The minimum Gasteiger partial charge on any atom is -0.505 e. The van der Waals surface area contributed by atoms with E-state index in [1.54, 1.807) is 6.07 Å². The lowest BCUT2D eigenvalue weighted by Gasteiger charge is -2.28. The summed E-state index contributed by atoms with van der Waals surface area (Å²) >= 11 is 0. The molecule has 0 amide bonds. The molecule has 0 saturated heterocycles. The van der Waals surface area contributed by atoms with Gasteiger partial charge in [0.2, 0.25) is 0 Å². The van der Waals surface area contributed by atoms with Crippen molar-refractivity contribution in [3.63, 3.8) is 0 Å². The molecule has 0 unspecified atom stereocenters. The first-order valence-electron chi connectivity index (χ1n) is 4.75. The summed E-state index contributed by atoms with van der Waals surface area (Å²) in [7, 11) is 1.94. The Bertz CT molecular complexity index is 374. The number of aldehydes is 1. The molecule has 1 aromatic carbocycles. The first kappa shape index (κ1) is 9.06. The molecule has 3 nitrogen and oxygen atoms in total. The van der Waals surface area contributed by atoms with Crippen LogP contribution < -0.4 is 4.90 Å². The van der Waals surface area contributed by atoms with Crippen LogP contribution in [0.4, 0.5) is 5.69 Å². The Morgan fingerprint density at radius 1 is 1.50 bits per heavy atom. The zero-order valence-corrected chi connectivity index (χ0v) is 8.16. The summed E-state index contributed by atoms with van der Waals surface area (Å²) in [6.07, 6.45) is 2.77. The maximum atomic E-state index is 10.6. The number of benzene rings is 1. The number of carbonyl (C=O) groups is 1. The quantitative estimate of drug-likeness (QED) is 0.685. The van der Waals surface area contributed by atoms with Gasteiger partial charge >= 0.3 is 0 Å². The van der Waals surface area contributed by atoms with Gasteiger partial charge in [-0.15, -0.1) is 0 Å². The van der Waals surface area contributed by atoms with Crippen LogP contribution >= 0.6 is 0 Å². The van der Waals surface area contributed by atoms with Gasteiger partial charge in [0.05, 0.1) is 11.3 Å². The molecular formula is C11H13NO2. The topological polar surface area (TPSA) is 40.5 Å². The van der Waals surface area contributed by atoms with E-state index in [-0.39, 0.29) is 5.75 Å². The number of fused-ring (bicyclic) bond motifs is 1. The molecule has 1 heterocycles. The predicted molar refractivity (Wildman–Crippen MR) is 55.1 cm³/mol.